The highest BCUT2D eigenvalue weighted by molar-refractivity contribution is 5.76. The van der Waals surface area contributed by atoms with Crippen molar-refractivity contribution in [2.75, 3.05) is 0 Å². The first-order valence-electron chi connectivity index (χ1n) is 8.61. The van der Waals surface area contributed by atoms with Crippen LogP contribution in [0.15, 0.2) is 121 Å². The van der Waals surface area contributed by atoms with E-state index in [4.69, 9.17) is 0 Å². The quantitative estimate of drug-likeness (QED) is 0.300. The highest BCUT2D eigenvalue weighted by Gasteiger charge is 2.15. The van der Waals surface area contributed by atoms with E-state index in [0.29, 0.717) is 0 Å². The molecule has 0 aliphatic heterocycles. The summed E-state index contributed by atoms with van der Waals surface area (Å²) < 4.78 is 0. The third-order valence-electron chi connectivity index (χ3n) is 4.04. The van der Waals surface area contributed by atoms with Crippen LogP contribution in [0.1, 0.15) is 11.1 Å². The molecule has 0 spiro atoms. The van der Waals surface area contributed by atoms with Crippen LogP contribution in [0.4, 0.5) is 0 Å². The average Bonchev–Trinajstić information content (AvgIpc) is 3.10. The maximum absolute atomic E-state index is 2.22. The van der Waals surface area contributed by atoms with Crippen LogP contribution in [0.5, 0.6) is 0 Å². The van der Waals surface area contributed by atoms with Gasteiger partial charge in [-0.2, -0.15) is 0 Å². The second-order valence-corrected chi connectivity index (χ2v) is 5.80. The summed E-state index contributed by atoms with van der Waals surface area (Å²) in [5, 5.41) is 0. The van der Waals surface area contributed by atoms with Crippen LogP contribution < -0.4 is 0 Å². The fourth-order valence-corrected chi connectivity index (χ4v) is 2.85. The van der Waals surface area contributed by atoms with Gasteiger partial charge >= 0.3 is 0 Å². The van der Waals surface area contributed by atoms with Crippen LogP contribution >= 0.6 is 0 Å². The molecule has 5 rings (SSSR count). The molecule has 0 fully saturated rings. The summed E-state index contributed by atoms with van der Waals surface area (Å²) in [5.41, 5.74) is 5.75. The number of hydrogen-bond donors (Lipinski definition) is 0. The summed E-state index contributed by atoms with van der Waals surface area (Å²) in [4.78, 5) is 0. The second-order valence-electron chi connectivity index (χ2n) is 5.80. The van der Waals surface area contributed by atoms with Crippen LogP contribution in [0, 0.1) is 0 Å². The monoisotopic (exact) mass is 322 g/mol. The molecule has 0 saturated heterocycles. The maximum atomic E-state index is 2.22. The Labute approximate surface area is 150 Å². The molecule has 1 aliphatic rings. The Hall–Kier alpha value is -3.12. The molecular weight excluding hydrogens is 300 g/mol. The van der Waals surface area contributed by atoms with Crippen molar-refractivity contribution in [1.82, 2.24) is 0 Å². The van der Waals surface area contributed by atoms with E-state index in [1.54, 1.807) is 0 Å². The largest absolute Gasteiger partial charge is 0.0623 e. The van der Waals surface area contributed by atoms with Crippen molar-refractivity contribution < 1.29 is 0 Å². The van der Waals surface area contributed by atoms with E-state index in [1.165, 1.54) is 22.3 Å². The van der Waals surface area contributed by atoms with E-state index in [2.05, 4.69) is 48.5 Å². The first kappa shape index (κ1) is 16.7. The molecule has 0 radical (unpaired) electrons. The smallest absolute Gasteiger partial charge is 0.00135 e. The van der Waals surface area contributed by atoms with Gasteiger partial charge in [-0.25, -0.2) is 0 Å². The van der Waals surface area contributed by atoms with Crippen LogP contribution in [0.25, 0.3) is 11.1 Å². The fourth-order valence-electron chi connectivity index (χ4n) is 2.85. The lowest BCUT2D eigenvalue weighted by Gasteiger charge is -1.98. The van der Waals surface area contributed by atoms with Crippen LogP contribution in [-0.2, 0) is 6.42 Å². The van der Waals surface area contributed by atoms with E-state index < -0.39 is 0 Å². The lowest BCUT2D eigenvalue weighted by Crippen LogP contribution is -1.77. The van der Waals surface area contributed by atoms with Gasteiger partial charge in [0.25, 0.3) is 0 Å². The summed E-state index contributed by atoms with van der Waals surface area (Å²) >= 11 is 0. The zero-order valence-corrected chi connectivity index (χ0v) is 14.3. The van der Waals surface area contributed by atoms with Gasteiger partial charge in [-0.15, -0.1) is 0 Å². The predicted octanol–water partition coefficient (Wildman–Crippen LogP) is 6.63. The minimum atomic E-state index is 1.10. The summed E-state index contributed by atoms with van der Waals surface area (Å²) in [6, 6.07) is 41.3. The van der Waals surface area contributed by atoms with Gasteiger partial charge < -0.3 is 0 Å². The van der Waals surface area contributed by atoms with Gasteiger partial charge in [0.2, 0.25) is 0 Å². The molecule has 25 heavy (non-hydrogen) atoms. The topological polar surface area (TPSA) is 0 Å². The highest BCUT2D eigenvalue weighted by atomic mass is 14.2. The van der Waals surface area contributed by atoms with Gasteiger partial charge in [0.05, 0.1) is 0 Å². The molecule has 1 aliphatic carbocycles. The minimum absolute atomic E-state index is 1.10. The molecule has 0 bridgehead atoms. The lowest BCUT2D eigenvalue weighted by atomic mass is 10.1. The number of rotatable bonds is 0. The molecule has 0 aromatic heterocycles. The highest BCUT2D eigenvalue weighted by Crippen LogP contribution is 2.35. The Morgan fingerprint density at radius 3 is 0.920 bits per heavy atom. The standard InChI is InChI=1S/C13H10.2C6H6/c1-3-7-12-10(5-1)9-11-6-2-4-8-13(11)12;2*1-2-4-6-5-3-1/h1-8H,9H2;2*1-6H. The normalized spacial score (nSPS) is 10.2. The van der Waals surface area contributed by atoms with Crippen LogP contribution in [-0.4, -0.2) is 0 Å². The first-order valence-corrected chi connectivity index (χ1v) is 8.61. The van der Waals surface area contributed by atoms with Crippen LogP contribution in [0.3, 0.4) is 0 Å². The minimum Gasteiger partial charge on any atom is -0.0623 e. The van der Waals surface area contributed by atoms with Gasteiger partial charge in [0, 0.05) is 0 Å². The number of fused-ring (bicyclic) bond motifs is 3. The summed E-state index contributed by atoms with van der Waals surface area (Å²) in [6.45, 7) is 0. The predicted molar refractivity (Wildman–Crippen MR) is 108 cm³/mol. The van der Waals surface area contributed by atoms with Gasteiger partial charge in [-0.1, -0.05) is 121 Å². The number of hydrogen-bond acceptors (Lipinski definition) is 0. The molecular formula is C25H22. The van der Waals surface area contributed by atoms with Crippen LogP contribution in [0.2, 0.25) is 0 Å². The molecule has 0 atom stereocenters. The Bertz CT molecular complexity index is 736. The fraction of sp³-hybridized carbons (Fsp3) is 0.0400. The van der Waals surface area contributed by atoms with E-state index in [0.717, 1.165) is 6.42 Å². The Kier molecular flexibility index (Phi) is 6.18. The molecule has 0 saturated carbocycles. The van der Waals surface area contributed by atoms with Gasteiger partial charge in [0.15, 0.2) is 0 Å². The first-order chi connectivity index (χ1) is 12.4. The van der Waals surface area contributed by atoms with Crippen molar-refractivity contribution in [3.05, 3.63) is 132 Å². The zero-order chi connectivity index (χ0) is 17.2. The van der Waals surface area contributed by atoms with Crippen molar-refractivity contribution in [2.24, 2.45) is 0 Å². The van der Waals surface area contributed by atoms with Gasteiger partial charge in [-0.3, -0.25) is 0 Å². The third kappa shape index (κ3) is 4.92. The Morgan fingerprint density at radius 1 is 0.320 bits per heavy atom. The molecule has 0 unspecified atom stereocenters. The van der Waals surface area contributed by atoms with E-state index in [1.807, 2.05) is 72.8 Å². The van der Waals surface area contributed by atoms with Gasteiger partial charge in [-0.05, 0) is 28.7 Å². The molecule has 0 heteroatoms. The van der Waals surface area contributed by atoms with E-state index in [-0.39, 0.29) is 0 Å². The molecule has 122 valence electrons. The maximum Gasteiger partial charge on any atom is -0.00135 e. The van der Waals surface area contributed by atoms with Crippen molar-refractivity contribution in [3.8, 4) is 11.1 Å². The Morgan fingerprint density at radius 2 is 0.600 bits per heavy atom. The second kappa shape index (κ2) is 9.24. The van der Waals surface area contributed by atoms with E-state index in [9.17, 15) is 0 Å². The summed E-state index contributed by atoms with van der Waals surface area (Å²) in [6.07, 6.45) is 1.10. The van der Waals surface area contributed by atoms with Gasteiger partial charge in [0.1, 0.15) is 0 Å². The van der Waals surface area contributed by atoms with Crippen molar-refractivity contribution in [3.63, 3.8) is 0 Å². The molecule has 4 aromatic rings. The third-order valence-corrected chi connectivity index (χ3v) is 4.04. The molecule has 0 amide bonds. The molecule has 0 heterocycles. The zero-order valence-electron chi connectivity index (χ0n) is 14.3. The summed E-state index contributed by atoms with van der Waals surface area (Å²) in [5.74, 6) is 0. The Balaban J connectivity index is 0.000000127. The molecule has 4 aromatic carbocycles. The number of benzene rings is 4. The molecule has 0 nitrogen and oxygen atoms in total. The van der Waals surface area contributed by atoms with Crippen molar-refractivity contribution in [2.45, 2.75) is 6.42 Å². The molecule has 0 N–H and O–H groups in total. The van der Waals surface area contributed by atoms with Crippen molar-refractivity contribution >= 4 is 0 Å². The lowest BCUT2D eigenvalue weighted by molar-refractivity contribution is 1.26. The summed E-state index contributed by atoms with van der Waals surface area (Å²) in [7, 11) is 0. The SMILES string of the molecule is c1ccc2c(c1)Cc1ccccc1-2.c1ccccc1.c1ccccc1. The van der Waals surface area contributed by atoms with E-state index >= 15 is 0 Å². The average molecular weight is 322 g/mol. The van der Waals surface area contributed by atoms with Crippen molar-refractivity contribution in [1.29, 1.82) is 0 Å².